The first-order valence-corrected chi connectivity index (χ1v) is 9.18. The van der Waals surface area contributed by atoms with E-state index in [1.807, 2.05) is 30.5 Å². The highest BCUT2D eigenvalue weighted by molar-refractivity contribution is 7.98. The summed E-state index contributed by atoms with van der Waals surface area (Å²) in [7, 11) is 2.46. The highest BCUT2D eigenvalue weighted by Gasteiger charge is 2.15. The second-order valence-corrected chi connectivity index (χ2v) is 6.32. The summed E-state index contributed by atoms with van der Waals surface area (Å²) in [4.78, 5) is 36.8. The van der Waals surface area contributed by atoms with E-state index in [9.17, 15) is 14.4 Å². The first kappa shape index (κ1) is 20.3. The number of anilines is 1. The lowest BCUT2D eigenvalue weighted by atomic mass is 10.1. The Balaban J connectivity index is 2.08. The number of esters is 2. The number of hydrogen-bond donors (Lipinski definition) is 2. The molecule has 8 heteroatoms. The van der Waals surface area contributed by atoms with Crippen LogP contribution in [0.1, 0.15) is 26.3 Å². The lowest BCUT2D eigenvalue weighted by molar-refractivity contribution is 0.0599. The van der Waals surface area contributed by atoms with Crippen LogP contribution in [0.4, 0.5) is 10.5 Å². The molecular formula is C19H20N2O5S. The molecule has 2 N–H and O–H groups in total. The zero-order chi connectivity index (χ0) is 19.8. The van der Waals surface area contributed by atoms with Crippen LogP contribution in [0, 0.1) is 0 Å². The second-order valence-electron chi connectivity index (χ2n) is 5.44. The van der Waals surface area contributed by atoms with Crippen molar-refractivity contribution in [3.05, 3.63) is 59.2 Å². The maximum atomic E-state index is 12.2. The largest absolute Gasteiger partial charge is 0.465 e. The molecule has 0 aliphatic carbocycles. The third-order valence-corrected chi connectivity index (χ3v) is 4.39. The van der Waals surface area contributed by atoms with Gasteiger partial charge in [-0.15, -0.1) is 11.8 Å². The molecule has 7 nitrogen and oxygen atoms in total. The standard InChI is InChI=1S/C19H20N2O5S/c1-25-17(22)13-8-14(18(23)26-2)10-15(9-13)21-19(24)20-11-12-4-6-16(27-3)7-5-12/h4-10H,11H2,1-3H3,(H2,20,21,24). The van der Waals surface area contributed by atoms with E-state index in [0.29, 0.717) is 6.54 Å². The van der Waals surface area contributed by atoms with Crippen molar-refractivity contribution in [1.29, 1.82) is 0 Å². The third-order valence-electron chi connectivity index (χ3n) is 3.65. The van der Waals surface area contributed by atoms with Gasteiger partial charge in [0.25, 0.3) is 0 Å². The molecular weight excluding hydrogens is 368 g/mol. The van der Waals surface area contributed by atoms with Gasteiger partial charge in [-0.05, 0) is 42.2 Å². The Morgan fingerprint density at radius 1 is 0.926 bits per heavy atom. The minimum atomic E-state index is -0.627. The Hall–Kier alpha value is -3.00. The molecule has 2 aromatic rings. The molecule has 0 radical (unpaired) electrons. The van der Waals surface area contributed by atoms with E-state index < -0.39 is 18.0 Å². The van der Waals surface area contributed by atoms with E-state index >= 15 is 0 Å². The van der Waals surface area contributed by atoms with Crippen molar-refractivity contribution in [3.63, 3.8) is 0 Å². The number of thioether (sulfide) groups is 1. The number of methoxy groups -OCH3 is 2. The highest BCUT2D eigenvalue weighted by atomic mass is 32.2. The maximum Gasteiger partial charge on any atom is 0.337 e. The van der Waals surface area contributed by atoms with E-state index in [1.165, 1.54) is 32.4 Å². The van der Waals surface area contributed by atoms with Gasteiger partial charge in [0.2, 0.25) is 0 Å². The molecule has 0 atom stereocenters. The predicted octanol–water partition coefficient (Wildman–Crippen LogP) is 3.30. The van der Waals surface area contributed by atoms with Gasteiger partial charge in [-0.2, -0.15) is 0 Å². The van der Waals surface area contributed by atoms with Crippen LogP contribution in [0.15, 0.2) is 47.4 Å². The lowest BCUT2D eigenvalue weighted by Crippen LogP contribution is -2.28. The van der Waals surface area contributed by atoms with E-state index in [0.717, 1.165) is 10.5 Å². The number of carbonyl (C=O) groups excluding carboxylic acids is 3. The SMILES string of the molecule is COC(=O)c1cc(NC(=O)NCc2ccc(SC)cc2)cc(C(=O)OC)c1. The number of rotatable bonds is 6. The Kier molecular flexibility index (Phi) is 7.25. The number of urea groups is 1. The zero-order valence-electron chi connectivity index (χ0n) is 15.2. The monoisotopic (exact) mass is 388 g/mol. The summed E-state index contributed by atoms with van der Waals surface area (Å²) in [5.74, 6) is -1.25. The van der Waals surface area contributed by atoms with Crippen LogP contribution in [0.2, 0.25) is 0 Å². The van der Waals surface area contributed by atoms with Gasteiger partial charge in [-0.3, -0.25) is 0 Å². The van der Waals surface area contributed by atoms with Gasteiger partial charge in [0.1, 0.15) is 0 Å². The zero-order valence-corrected chi connectivity index (χ0v) is 16.0. The fourth-order valence-corrected chi connectivity index (χ4v) is 2.68. The molecule has 0 bridgehead atoms. The maximum absolute atomic E-state index is 12.2. The molecule has 0 unspecified atom stereocenters. The van der Waals surface area contributed by atoms with Crippen LogP contribution in [-0.4, -0.2) is 38.4 Å². The molecule has 0 spiro atoms. The average Bonchev–Trinajstić information content (AvgIpc) is 2.71. The molecule has 0 aliphatic heterocycles. The van der Waals surface area contributed by atoms with Crippen molar-refractivity contribution in [1.82, 2.24) is 5.32 Å². The molecule has 0 aromatic heterocycles. The third kappa shape index (κ3) is 5.75. The smallest absolute Gasteiger partial charge is 0.337 e. The van der Waals surface area contributed by atoms with Crippen LogP contribution >= 0.6 is 11.8 Å². The fraction of sp³-hybridized carbons (Fsp3) is 0.211. The van der Waals surface area contributed by atoms with Crippen molar-refractivity contribution in [2.24, 2.45) is 0 Å². The second kappa shape index (κ2) is 9.63. The van der Waals surface area contributed by atoms with Crippen LogP contribution in [0.5, 0.6) is 0 Å². The van der Waals surface area contributed by atoms with E-state index in [-0.39, 0.29) is 16.8 Å². The number of carbonyl (C=O) groups is 3. The van der Waals surface area contributed by atoms with Crippen LogP contribution < -0.4 is 10.6 Å². The molecule has 2 rings (SSSR count). The summed E-state index contributed by atoms with van der Waals surface area (Å²) in [6, 6.07) is 11.5. The van der Waals surface area contributed by atoms with Crippen molar-refractivity contribution < 1.29 is 23.9 Å². The van der Waals surface area contributed by atoms with Crippen molar-refractivity contribution in [3.8, 4) is 0 Å². The summed E-state index contributed by atoms with van der Waals surface area (Å²) < 4.78 is 9.34. The average molecular weight is 388 g/mol. The first-order valence-electron chi connectivity index (χ1n) is 7.96. The van der Waals surface area contributed by atoms with E-state index in [1.54, 1.807) is 11.8 Å². The molecule has 2 aromatic carbocycles. The number of amides is 2. The summed E-state index contributed by atoms with van der Waals surface area (Å²) >= 11 is 1.64. The number of nitrogens with one attached hydrogen (secondary N) is 2. The van der Waals surface area contributed by atoms with Crippen LogP contribution in [-0.2, 0) is 16.0 Å². The normalized spacial score (nSPS) is 10.0. The molecule has 0 aliphatic rings. The van der Waals surface area contributed by atoms with Crippen molar-refractivity contribution >= 4 is 35.4 Å². The Labute approximate surface area is 161 Å². The molecule has 0 fully saturated rings. The highest BCUT2D eigenvalue weighted by Crippen LogP contribution is 2.17. The minimum Gasteiger partial charge on any atom is -0.465 e. The van der Waals surface area contributed by atoms with Crippen molar-refractivity contribution in [2.45, 2.75) is 11.4 Å². The molecule has 0 heterocycles. The Morgan fingerprint density at radius 2 is 1.48 bits per heavy atom. The van der Waals surface area contributed by atoms with Gasteiger partial charge in [0, 0.05) is 17.1 Å². The summed E-state index contributed by atoms with van der Waals surface area (Å²) in [5.41, 5.74) is 1.47. The van der Waals surface area contributed by atoms with Crippen molar-refractivity contribution in [2.75, 3.05) is 25.8 Å². The topological polar surface area (TPSA) is 93.7 Å². The Bertz CT molecular complexity index is 802. The lowest BCUT2D eigenvalue weighted by Gasteiger charge is -2.11. The number of benzene rings is 2. The summed E-state index contributed by atoms with van der Waals surface area (Å²) in [6.07, 6.45) is 1.99. The van der Waals surface area contributed by atoms with Gasteiger partial charge in [-0.1, -0.05) is 12.1 Å². The first-order chi connectivity index (χ1) is 13.0. The van der Waals surface area contributed by atoms with Crippen LogP contribution in [0.25, 0.3) is 0 Å². The Morgan fingerprint density at radius 3 is 1.96 bits per heavy atom. The van der Waals surface area contributed by atoms with Gasteiger partial charge in [0.05, 0.1) is 25.3 Å². The van der Waals surface area contributed by atoms with Crippen LogP contribution in [0.3, 0.4) is 0 Å². The molecule has 142 valence electrons. The fourth-order valence-electron chi connectivity index (χ4n) is 2.27. The van der Waals surface area contributed by atoms with Gasteiger partial charge in [0.15, 0.2) is 0 Å². The van der Waals surface area contributed by atoms with Gasteiger partial charge < -0.3 is 20.1 Å². The number of ether oxygens (including phenoxy) is 2. The summed E-state index contributed by atoms with van der Waals surface area (Å²) in [6.45, 7) is 0.334. The molecule has 2 amide bonds. The molecule has 27 heavy (non-hydrogen) atoms. The predicted molar refractivity (Wildman–Crippen MR) is 103 cm³/mol. The summed E-state index contributed by atoms with van der Waals surface area (Å²) in [5, 5.41) is 5.32. The molecule has 0 saturated carbocycles. The molecule has 0 saturated heterocycles. The van der Waals surface area contributed by atoms with E-state index in [4.69, 9.17) is 0 Å². The quantitative estimate of drug-likeness (QED) is 0.583. The minimum absolute atomic E-state index is 0.128. The van der Waals surface area contributed by atoms with Gasteiger partial charge >= 0.3 is 18.0 Å². The number of hydrogen-bond acceptors (Lipinski definition) is 6. The van der Waals surface area contributed by atoms with Gasteiger partial charge in [-0.25, -0.2) is 14.4 Å². The van der Waals surface area contributed by atoms with E-state index in [2.05, 4.69) is 20.1 Å².